The van der Waals surface area contributed by atoms with Crippen LogP contribution in [0.3, 0.4) is 0 Å². The van der Waals surface area contributed by atoms with Crippen molar-refractivity contribution < 1.29 is 23.0 Å². The fourth-order valence-corrected chi connectivity index (χ4v) is 5.54. The molecule has 0 aliphatic carbocycles. The summed E-state index contributed by atoms with van der Waals surface area (Å²) >= 11 is 3.45. The molecular formula is C37H38BrF2N3O3. The van der Waals surface area contributed by atoms with Crippen LogP contribution in [0, 0.1) is 17.6 Å². The molecule has 1 unspecified atom stereocenters. The predicted octanol–water partition coefficient (Wildman–Crippen LogP) is 9.70. The fraction of sp³-hybridized carbons (Fsp3) is 0.324. The molecule has 0 saturated carbocycles. The average Bonchev–Trinajstić information content (AvgIpc) is 3.35. The van der Waals surface area contributed by atoms with Crippen molar-refractivity contribution in [3.8, 4) is 17.1 Å². The molecule has 0 bridgehead atoms. The summed E-state index contributed by atoms with van der Waals surface area (Å²) in [5.41, 5.74) is 2.64. The van der Waals surface area contributed by atoms with Gasteiger partial charge in [-0.25, -0.2) is 23.5 Å². The van der Waals surface area contributed by atoms with E-state index in [-0.39, 0.29) is 29.8 Å². The van der Waals surface area contributed by atoms with Crippen molar-refractivity contribution in [2.24, 2.45) is 5.92 Å². The highest BCUT2D eigenvalue weighted by atomic mass is 79.9. The first-order valence-corrected chi connectivity index (χ1v) is 16.2. The maximum absolute atomic E-state index is 15.7. The van der Waals surface area contributed by atoms with Gasteiger partial charge in [-0.2, -0.15) is 0 Å². The molecule has 5 rings (SSSR count). The summed E-state index contributed by atoms with van der Waals surface area (Å²) in [7, 11) is 0. The quantitative estimate of drug-likeness (QED) is 0.129. The van der Waals surface area contributed by atoms with Gasteiger partial charge in [0.2, 0.25) is 5.88 Å². The first kappa shape index (κ1) is 33.3. The smallest absolute Gasteiger partial charge is 0.338 e. The molecule has 0 amide bonds. The van der Waals surface area contributed by atoms with Crippen LogP contribution in [0.25, 0.3) is 22.3 Å². The molecular weight excluding hydrogens is 652 g/mol. The van der Waals surface area contributed by atoms with Crippen LogP contribution in [-0.4, -0.2) is 26.1 Å². The van der Waals surface area contributed by atoms with Gasteiger partial charge in [-0.1, -0.05) is 54.4 Å². The molecule has 2 heterocycles. The zero-order valence-electron chi connectivity index (χ0n) is 26.7. The zero-order chi connectivity index (χ0) is 33.0. The summed E-state index contributed by atoms with van der Waals surface area (Å²) in [4.78, 5) is 22.1. The monoisotopic (exact) mass is 689 g/mol. The third-order valence-electron chi connectivity index (χ3n) is 7.76. The Morgan fingerprint density at radius 2 is 1.76 bits per heavy atom. The number of aryl methyl sites for hydroxylation is 1. The number of esters is 1. The first-order chi connectivity index (χ1) is 21.9. The molecule has 5 aromatic rings. The van der Waals surface area contributed by atoms with Crippen LogP contribution in [0.1, 0.15) is 74.8 Å². The second-order valence-electron chi connectivity index (χ2n) is 12.6. The molecule has 0 aliphatic rings. The SMILES string of the molecule is CCC(C)CCn1c(Cc2cc(F)c(-c3cccc(OCc4cccc(Br)c4)n3)cc2F)nc2ccc(C(=O)OC(C)(C)C)cc21. The van der Waals surface area contributed by atoms with E-state index in [0.29, 0.717) is 35.2 Å². The van der Waals surface area contributed by atoms with E-state index in [4.69, 9.17) is 14.5 Å². The van der Waals surface area contributed by atoms with E-state index in [2.05, 4.69) is 34.8 Å². The van der Waals surface area contributed by atoms with Crippen molar-refractivity contribution in [3.63, 3.8) is 0 Å². The van der Waals surface area contributed by atoms with Gasteiger partial charge in [0.1, 0.15) is 29.7 Å². The molecule has 46 heavy (non-hydrogen) atoms. The number of hydrogen-bond acceptors (Lipinski definition) is 5. The average molecular weight is 691 g/mol. The molecule has 0 radical (unpaired) electrons. The molecule has 0 fully saturated rings. The van der Waals surface area contributed by atoms with E-state index in [1.165, 1.54) is 12.1 Å². The molecule has 0 aliphatic heterocycles. The van der Waals surface area contributed by atoms with Crippen LogP contribution in [0.4, 0.5) is 8.78 Å². The van der Waals surface area contributed by atoms with Gasteiger partial charge < -0.3 is 14.0 Å². The molecule has 0 saturated heterocycles. The lowest BCUT2D eigenvalue weighted by Crippen LogP contribution is -2.23. The largest absolute Gasteiger partial charge is 0.473 e. The highest BCUT2D eigenvalue weighted by Gasteiger charge is 2.21. The van der Waals surface area contributed by atoms with Crippen LogP contribution in [0.5, 0.6) is 5.88 Å². The van der Waals surface area contributed by atoms with Crippen molar-refractivity contribution in [1.29, 1.82) is 0 Å². The van der Waals surface area contributed by atoms with Crippen LogP contribution in [0.15, 0.2) is 77.3 Å². The minimum absolute atomic E-state index is 0.0430. The maximum Gasteiger partial charge on any atom is 0.338 e. The number of nitrogens with zero attached hydrogens (tertiary/aromatic N) is 3. The Balaban J connectivity index is 1.43. The predicted molar refractivity (Wildman–Crippen MR) is 180 cm³/mol. The van der Waals surface area contributed by atoms with Gasteiger partial charge in [-0.05, 0) is 92.8 Å². The third kappa shape index (κ3) is 8.18. The van der Waals surface area contributed by atoms with Gasteiger partial charge in [0.25, 0.3) is 0 Å². The van der Waals surface area contributed by atoms with Crippen LogP contribution in [-0.2, 0) is 24.3 Å². The molecule has 240 valence electrons. The summed E-state index contributed by atoms with van der Waals surface area (Å²) in [6.45, 7) is 10.7. The van der Waals surface area contributed by atoms with Gasteiger partial charge in [-0.3, -0.25) is 0 Å². The fourth-order valence-electron chi connectivity index (χ4n) is 5.09. The molecule has 2 aromatic heterocycles. The van der Waals surface area contributed by atoms with Gasteiger partial charge in [0, 0.05) is 29.1 Å². The zero-order valence-corrected chi connectivity index (χ0v) is 28.3. The number of benzene rings is 3. The van der Waals surface area contributed by atoms with Crippen molar-refractivity contribution >= 4 is 32.9 Å². The number of fused-ring (bicyclic) bond motifs is 1. The molecule has 6 nitrogen and oxygen atoms in total. The summed E-state index contributed by atoms with van der Waals surface area (Å²) < 4.78 is 45.6. The first-order valence-electron chi connectivity index (χ1n) is 15.4. The highest BCUT2D eigenvalue weighted by molar-refractivity contribution is 9.10. The number of imidazole rings is 1. The van der Waals surface area contributed by atoms with E-state index in [9.17, 15) is 4.79 Å². The highest BCUT2D eigenvalue weighted by Crippen LogP contribution is 2.29. The van der Waals surface area contributed by atoms with Crippen LogP contribution < -0.4 is 4.74 Å². The second kappa shape index (κ2) is 14.1. The van der Waals surface area contributed by atoms with Gasteiger partial charge in [-0.15, -0.1) is 0 Å². The minimum Gasteiger partial charge on any atom is -0.473 e. The number of rotatable bonds is 11. The lowest BCUT2D eigenvalue weighted by Gasteiger charge is -2.19. The molecule has 0 N–H and O–H groups in total. The van der Waals surface area contributed by atoms with E-state index in [1.807, 2.05) is 49.6 Å². The minimum atomic E-state index is -0.634. The Kier molecular flexibility index (Phi) is 10.2. The summed E-state index contributed by atoms with van der Waals surface area (Å²) in [6.07, 6.45) is 1.95. The summed E-state index contributed by atoms with van der Waals surface area (Å²) in [6, 6.07) is 20.3. The lowest BCUT2D eigenvalue weighted by molar-refractivity contribution is 0.00696. The number of ether oxygens (including phenoxy) is 2. The normalized spacial score (nSPS) is 12.3. The molecule has 3 aromatic carbocycles. The number of carbonyl (C=O) groups excluding carboxylic acids is 1. The van der Waals surface area contributed by atoms with Crippen molar-refractivity contribution in [1.82, 2.24) is 14.5 Å². The molecule has 0 spiro atoms. The third-order valence-corrected chi connectivity index (χ3v) is 8.26. The number of aromatic nitrogens is 3. The summed E-state index contributed by atoms with van der Waals surface area (Å²) in [5.74, 6) is -0.231. The Bertz CT molecular complexity index is 1870. The number of halogens is 3. The molecule has 9 heteroatoms. The second-order valence-corrected chi connectivity index (χ2v) is 13.5. The Morgan fingerprint density at radius 3 is 2.50 bits per heavy atom. The standard InChI is InChI=1S/C37H38BrF2N3O3/c1-6-23(2)15-16-43-33-19-25(36(44)46-37(3,4)5)13-14-32(33)41-34(43)20-26-18-30(40)28(21-29(26)39)31-11-8-12-35(42-31)45-22-24-9-7-10-27(38)17-24/h7-14,17-19,21,23H,6,15-16,20,22H2,1-5H3. The van der Waals surface area contributed by atoms with Gasteiger partial charge >= 0.3 is 5.97 Å². The van der Waals surface area contributed by atoms with Crippen molar-refractivity contribution in [2.75, 3.05) is 0 Å². The Labute approximate surface area is 276 Å². The van der Waals surface area contributed by atoms with E-state index in [1.54, 1.807) is 36.4 Å². The van der Waals surface area contributed by atoms with E-state index >= 15 is 8.78 Å². The van der Waals surface area contributed by atoms with Gasteiger partial charge in [0.15, 0.2) is 0 Å². The lowest BCUT2D eigenvalue weighted by atomic mass is 10.0. The maximum atomic E-state index is 15.7. The number of carbonyl (C=O) groups is 1. The number of hydrogen-bond donors (Lipinski definition) is 0. The van der Waals surface area contributed by atoms with E-state index < -0.39 is 23.2 Å². The Hall–Kier alpha value is -4.11. The van der Waals surface area contributed by atoms with Crippen LogP contribution >= 0.6 is 15.9 Å². The summed E-state index contributed by atoms with van der Waals surface area (Å²) in [5, 5.41) is 0. The van der Waals surface area contributed by atoms with E-state index in [0.717, 1.165) is 28.4 Å². The number of pyridine rings is 1. The van der Waals surface area contributed by atoms with Crippen molar-refractivity contribution in [3.05, 3.63) is 111 Å². The van der Waals surface area contributed by atoms with Crippen molar-refractivity contribution in [2.45, 2.75) is 72.6 Å². The Morgan fingerprint density at radius 1 is 0.978 bits per heavy atom. The molecule has 1 atom stereocenters. The van der Waals surface area contributed by atoms with Gasteiger partial charge in [0.05, 0.1) is 22.3 Å². The topological polar surface area (TPSA) is 66.2 Å². The van der Waals surface area contributed by atoms with Crippen LogP contribution in [0.2, 0.25) is 0 Å².